The van der Waals surface area contributed by atoms with E-state index in [0.29, 0.717) is 17.8 Å². The maximum Gasteiger partial charge on any atom is 0.268 e. The van der Waals surface area contributed by atoms with Gasteiger partial charge in [-0.05, 0) is 50.5 Å². The van der Waals surface area contributed by atoms with E-state index in [1.165, 1.54) is 25.7 Å². The zero-order chi connectivity index (χ0) is 14.8. The van der Waals surface area contributed by atoms with Crippen LogP contribution in [0.3, 0.4) is 0 Å². The SMILES string of the molecule is CCCC1CCC(NC(=O)c2cc(N)cn2C2CC2)CC1. The number of carbonyl (C=O) groups is 1. The first-order valence-electron chi connectivity index (χ1n) is 8.45. The summed E-state index contributed by atoms with van der Waals surface area (Å²) >= 11 is 0. The smallest absolute Gasteiger partial charge is 0.268 e. The molecule has 1 aromatic rings. The normalized spacial score (nSPS) is 25.8. The summed E-state index contributed by atoms with van der Waals surface area (Å²) in [4.78, 5) is 12.5. The zero-order valence-electron chi connectivity index (χ0n) is 13.0. The molecule has 1 amide bonds. The summed E-state index contributed by atoms with van der Waals surface area (Å²) in [6.45, 7) is 2.25. The molecule has 4 heteroatoms. The van der Waals surface area contributed by atoms with Crippen LogP contribution in [0.5, 0.6) is 0 Å². The average molecular weight is 289 g/mol. The van der Waals surface area contributed by atoms with Crippen molar-refractivity contribution in [2.75, 3.05) is 5.73 Å². The van der Waals surface area contributed by atoms with Gasteiger partial charge < -0.3 is 15.6 Å². The highest BCUT2D eigenvalue weighted by molar-refractivity contribution is 5.94. The summed E-state index contributed by atoms with van der Waals surface area (Å²) in [5.41, 5.74) is 7.30. The monoisotopic (exact) mass is 289 g/mol. The molecule has 1 heterocycles. The van der Waals surface area contributed by atoms with Gasteiger partial charge in [-0.3, -0.25) is 4.79 Å². The molecule has 0 unspecified atom stereocenters. The molecule has 1 aromatic heterocycles. The van der Waals surface area contributed by atoms with E-state index in [-0.39, 0.29) is 5.91 Å². The molecule has 0 saturated heterocycles. The minimum Gasteiger partial charge on any atom is -0.397 e. The quantitative estimate of drug-likeness (QED) is 0.871. The molecule has 3 rings (SSSR count). The molecule has 0 aliphatic heterocycles. The van der Waals surface area contributed by atoms with Gasteiger partial charge in [-0.25, -0.2) is 0 Å². The van der Waals surface area contributed by atoms with Crippen molar-refractivity contribution in [1.82, 2.24) is 9.88 Å². The van der Waals surface area contributed by atoms with Crippen LogP contribution in [0.4, 0.5) is 5.69 Å². The van der Waals surface area contributed by atoms with Crippen LogP contribution in [-0.4, -0.2) is 16.5 Å². The summed E-state index contributed by atoms with van der Waals surface area (Å²) < 4.78 is 2.06. The van der Waals surface area contributed by atoms with Crippen LogP contribution in [0.2, 0.25) is 0 Å². The lowest BCUT2D eigenvalue weighted by Gasteiger charge is -2.29. The summed E-state index contributed by atoms with van der Waals surface area (Å²) in [7, 11) is 0. The van der Waals surface area contributed by atoms with E-state index in [4.69, 9.17) is 5.73 Å². The van der Waals surface area contributed by atoms with Crippen molar-refractivity contribution >= 4 is 11.6 Å². The number of hydrogen-bond donors (Lipinski definition) is 2. The zero-order valence-corrected chi connectivity index (χ0v) is 13.0. The van der Waals surface area contributed by atoms with E-state index in [2.05, 4.69) is 16.8 Å². The minimum atomic E-state index is 0.0533. The van der Waals surface area contributed by atoms with Crippen molar-refractivity contribution in [2.24, 2.45) is 5.92 Å². The van der Waals surface area contributed by atoms with Crippen molar-refractivity contribution in [3.63, 3.8) is 0 Å². The Labute approximate surface area is 127 Å². The summed E-state index contributed by atoms with van der Waals surface area (Å²) in [6, 6.07) is 2.65. The van der Waals surface area contributed by atoms with Gasteiger partial charge in [-0.1, -0.05) is 19.8 Å². The minimum absolute atomic E-state index is 0.0533. The third kappa shape index (κ3) is 3.42. The molecule has 0 aromatic carbocycles. The number of nitrogens with zero attached hydrogens (tertiary/aromatic N) is 1. The molecule has 0 radical (unpaired) electrons. The molecule has 0 spiro atoms. The molecule has 3 N–H and O–H groups in total. The molecule has 0 atom stereocenters. The van der Waals surface area contributed by atoms with Crippen molar-refractivity contribution in [2.45, 2.75) is 70.4 Å². The fraction of sp³-hybridized carbons (Fsp3) is 0.706. The molecule has 2 aliphatic carbocycles. The Morgan fingerprint density at radius 3 is 2.62 bits per heavy atom. The van der Waals surface area contributed by atoms with Gasteiger partial charge in [0.2, 0.25) is 0 Å². The predicted molar refractivity (Wildman–Crippen MR) is 85.2 cm³/mol. The number of hydrogen-bond acceptors (Lipinski definition) is 2. The van der Waals surface area contributed by atoms with Gasteiger partial charge in [0.1, 0.15) is 5.69 Å². The van der Waals surface area contributed by atoms with E-state index in [9.17, 15) is 4.79 Å². The van der Waals surface area contributed by atoms with Crippen molar-refractivity contribution in [1.29, 1.82) is 0 Å². The summed E-state index contributed by atoms with van der Waals surface area (Å²) in [5.74, 6) is 0.923. The van der Waals surface area contributed by atoms with Crippen LogP contribution < -0.4 is 11.1 Å². The molecule has 2 fully saturated rings. The second kappa shape index (κ2) is 6.12. The summed E-state index contributed by atoms with van der Waals surface area (Å²) in [5, 5.41) is 3.22. The van der Waals surface area contributed by atoms with E-state index in [1.807, 2.05) is 12.3 Å². The lowest BCUT2D eigenvalue weighted by Crippen LogP contribution is -2.38. The Hall–Kier alpha value is -1.45. The molecule has 2 saturated carbocycles. The molecule has 0 bridgehead atoms. The topological polar surface area (TPSA) is 60.1 Å². The van der Waals surface area contributed by atoms with E-state index >= 15 is 0 Å². The summed E-state index contributed by atoms with van der Waals surface area (Å²) in [6.07, 6.45) is 11.6. The number of aromatic nitrogens is 1. The molecule has 116 valence electrons. The van der Waals surface area contributed by atoms with Crippen molar-refractivity contribution < 1.29 is 4.79 Å². The number of anilines is 1. The average Bonchev–Trinajstić information content (AvgIpc) is 3.24. The van der Waals surface area contributed by atoms with Crippen LogP contribution in [0.25, 0.3) is 0 Å². The van der Waals surface area contributed by atoms with Crippen LogP contribution in [0, 0.1) is 5.92 Å². The number of nitrogens with one attached hydrogen (secondary N) is 1. The Kier molecular flexibility index (Phi) is 4.22. The number of rotatable bonds is 5. The first-order chi connectivity index (χ1) is 10.2. The fourth-order valence-electron chi connectivity index (χ4n) is 3.60. The van der Waals surface area contributed by atoms with Gasteiger partial charge in [-0.2, -0.15) is 0 Å². The Bertz CT molecular complexity index is 496. The third-order valence-corrected chi connectivity index (χ3v) is 4.92. The van der Waals surface area contributed by atoms with Gasteiger partial charge in [0, 0.05) is 18.3 Å². The van der Waals surface area contributed by atoms with Crippen LogP contribution in [0.1, 0.15) is 74.8 Å². The highest BCUT2D eigenvalue weighted by Crippen LogP contribution is 2.37. The number of amides is 1. The maximum atomic E-state index is 12.5. The highest BCUT2D eigenvalue weighted by atomic mass is 16.2. The molecular formula is C17H27N3O. The number of nitrogen functional groups attached to an aromatic ring is 1. The van der Waals surface area contributed by atoms with Crippen LogP contribution in [-0.2, 0) is 0 Å². The van der Waals surface area contributed by atoms with E-state index in [1.54, 1.807) is 0 Å². The standard InChI is InChI=1S/C17H27N3O/c1-2-3-12-4-6-14(7-5-12)19-17(21)16-10-13(18)11-20(16)15-8-9-15/h10-12,14-15H,2-9,18H2,1H3,(H,19,21). The van der Waals surface area contributed by atoms with E-state index in [0.717, 1.165) is 37.3 Å². The Balaban J connectivity index is 1.57. The van der Waals surface area contributed by atoms with Crippen LogP contribution in [0.15, 0.2) is 12.3 Å². The van der Waals surface area contributed by atoms with Crippen LogP contribution >= 0.6 is 0 Å². The van der Waals surface area contributed by atoms with Crippen molar-refractivity contribution in [3.8, 4) is 0 Å². The largest absolute Gasteiger partial charge is 0.397 e. The second-order valence-electron chi connectivity index (χ2n) is 6.78. The maximum absolute atomic E-state index is 12.5. The van der Waals surface area contributed by atoms with Gasteiger partial charge >= 0.3 is 0 Å². The lowest BCUT2D eigenvalue weighted by atomic mass is 9.83. The molecular weight excluding hydrogens is 262 g/mol. The first kappa shape index (κ1) is 14.5. The lowest BCUT2D eigenvalue weighted by molar-refractivity contribution is 0.0911. The molecule has 2 aliphatic rings. The Morgan fingerprint density at radius 1 is 1.29 bits per heavy atom. The van der Waals surface area contributed by atoms with Gasteiger partial charge in [0.05, 0.1) is 5.69 Å². The van der Waals surface area contributed by atoms with Gasteiger partial charge in [0.15, 0.2) is 0 Å². The number of carbonyl (C=O) groups excluding carboxylic acids is 1. The third-order valence-electron chi connectivity index (χ3n) is 4.92. The van der Waals surface area contributed by atoms with Gasteiger partial charge in [0.25, 0.3) is 5.91 Å². The highest BCUT2D eigenvalue weighted by Gasteiger charge is 2.29. The van der Waals surface area contributed by atoms with Crippen molar-refractivity contribution in [3.05, 3.63) is 18.0 Å². The number of nitrogens with two attached hydrogens (primary N) is 1. The molecule has 21 heavy (non-hydrogen) atoms. The first-order valence-corrected chi connectivity index (χ1v) is 8.45. The molecule has 4 nitrogen and oxygen atoms in total. The predicted octanol–water partition coefficient (Wildman–Crippen LogP) is 3.49. The van der Waals surface area contributed by atoms with Gasteiger partial charge in [-0.15, -0.1) is 0 Å². The fourth-order valence-corrected chi connectivity index (χ4v) is 3.60. The second-order valence-corrected chi connectivity index (χ2v) is 6.78. The van der Waals surface area contributed by atoms with E-state index < -0.39 is 0 Å². The Morgan fingerprint density at radius 2 is 2.00 bits per heavy atom.